The fourth-order valence-corrected chi connectivity index (χ4v) is 3.83. The topological polar surface area (TPSA) is 63.9 Å². The third-order valence-electron chi connectivity index (χ3n) is 4.38. The van der Waals surface area contributed by atoms with E-state index in [-0.39, 0.29) is 11.9 Å². The molecule has 6 nitrogen and oxygen atoms in total. The molecule has 0 saturated carbocycles. The fraction of sp³-hybridized carbons (Fsp3) is 0.375. The van der Waals surface area contributed by atoms with E-state index in [4.69, 9.17) is 4.98 Å². The molecule has 0 radical (unpaired) electrons. The number of likely N-dealkylation sites (tertiary alicyclic amines) is 1. The largest absolute Gasteiger partial charge is 0.328 e. The number of carbonyl (C=O) groups is 1. The van der Waals surface area contributed by atoms with Crippen LogP contribution >= 0.6 is 11.5 Å². The van der Waals surface area contributed by atoms with E-state index in [2.05, 4.69) is 27.1 Å². The van der Waals surface area contributed by atoms with Gasteiger partial charge in [0.1, 0.15) is 10.7 Å². The highest BCUT2D eigenvalue weighted by atomic mass is 32.1. The summed E-state index contributed by atoms with van der Waals surface area (Å²) in [5.74, 6) is 0.995. The van der Waals surface area contributed by atoms with Crippen molar-refractivity contribution < 1.29 is 4.79 Å². The molecule has 1 atom stereocenters. The minimum Gasteiger partial charge on any atom is -0.328 e. The summed E-state index contributed by atoms with van der Waals surface area (Å²) >= 11 is 1.15. The van der Waals surface area contributed by atoms with Crippen molar-refractivity contribution in [3.05, 3.63) is 41.2 Å². The molecule has 4 rings (SSSR count). The summed E-state index contributed by atoms with van der Waals surface area (Å²) in [7, 11) is 0. The monoisotopic (exact) mass is 327 g/mol. The molecule has 118 valence electrons. The number of nitrogens with zero attached hydrogens (tertiary/aromatic N) is 5. The quantitative estimate of drug-likeness (QED) is 0.742. The van der Waals surface area contributed by atoms with Crippen molar-refractivity contribution in [3.63, 3.8) is 0 Å². The van der Waals surface area contributed by atoms with Crippen LogP contribution in [0.15, 0.2) is 30.5 Å². The van der Waals surface area contributed by atoms with E-state index >= 15 is 0 Å². The minimum absolute atomic E-state index is 0.0113. The average molecular weight is 327 g/mol. The van der Waals surface area contributed by atoms with Crippen LogP contribution in [0, 0.1) is 0 Å². The number of imidazole rings is 1. The summed E-state index contributed by atoms with van der Waals surface area (Å²) in [6, 6.07) is 8.17. The van der Waals surface area contributed by atoms with Gasteiger partial charge in [0.05, 0.1) is 23.3 Å². The van der Waals surface area contributed by atoms with Crippen molar-refractivity contribution >= 4 is 28.5 Å². The molecule has 1 aliphatic rings. The second-order valence-electron chi connectivity index (χ2n) is 5.64. The molecular formula is C16H17N5OS. The van der Waals surface area contributed by atoms with E-state index < -0.39 is 0 Å². The summed E-state index contributed by atoms with van der Waals surface area (Å²) in [5, 5.41) is 3.78. The molecule has 23 heavy (non-hydrogen) atoms. The summed E-state index contributed by atoms with van der Waals surface area (Å²) in [6.07, 6.45) is 3.49. The molecule has 2 aromatic heterocycles. The molecule has 0 aliphatic carbocycles. The Balaban J connectivity index is 1.76. The zero-order valence-corrected chi connectivity index (χ0v) is 13.7. The van der Waals surface area contributed by atoms with Gasteiger partial charge in [-0.15, -0.1) is 5.10 Å². The van der Waals surface area contributed by atoms with Crippen molar-refractivity contribution in [3.8, 4) is 0 Å². The van der Waals surface area contributed by atoms with Gasteiger partial charge in [0.2, 0.25) is 0 Å². The lowest BCUT2D eigenvalue weighted by Crippen LogP contribution is -2.31. The van der Waals surface area contributed by atoms with E-state index in [0.29, 0.717) is 4.88 Å². The number of para-hydroxylation sites is 2. The van der Waals surface area contributed by atoms with Crippen LogP contribution < -0.4 is 0 Å². The first kappa shape index (κ1) is 14.3. The highest BCUT2D eigenvalue weighted by molar-refractivity contribution is 7.07. The van der Waals surface area contributed by atoms with Gasteiger partial charge in [-0.05, 0) is 43.4 Å². The maximum absolute atomic E-state index is 12.7. The number of aromatic nitrogens is 4. The molecule has 1 aromatic carbocycles. The smallest absolute Gasteiger partial charge is 0.267 e. The van der Waals surface area contributed by atoms with E-state index in [1.807, 2.05) is 23.1 Å². The zero-order chi connectivity index (χ0) is 15.8. The second kappa shape index (κ2) is 5.73. The van der Waals surface area contributed by atoms with Crippen LogP contribution in [0.4, 0.5) is 0 Å². The van der Waals surface area contributed by atoms with E-state index in [1.165, 1.54) is 0 Å². The predicted molar refractivity (Wildman–Crippen MR) is 88.3 cm³/mol. The number of hydrogen-bond donors (Lipinski definition) is 0. The average Bonchev–Trinajstić information content (AvgIpc) is 3.31. The molecule has 3 aromatic rings. The third kappa shape index (κ3) is 2.31. The van der Waals surface area contributed by atoms with Crippen LogP contribution in [0.3, 0.4) is 0 Å². The van der Waals surface area contributed by atoms with Crippen LogP contribution in [-0.2, 0) is 6.54 Å². The van der Waals surface area contributed by atoms with Gasteiger partial charge in [-0.25, -0.2) is 4.98 Å². The van der Waals surface area contributed by atoms with Gasteiger partial charge in [0.15, 0.2) is 0 Å². The fourth-order valence-electron chi connectivity index (χ4n) is 3.36. The van der Waals surface area contributed by atoms with Crippen LogP contribution in [0.25, 0.3) is 11.0 Å². The number of rotatable bonds is 3. The normalized spacial score (nSPS) is 18.0. The third-order valence-corrected chi connectivity index (χ3v) is 5.04. The van der Waals surface area contributed by atoms with Crippen LogP contribution in [0.2, 0.25) is 0 Å². The Bertz CT molecular complexity index is 841. The Labute approximate surface area is 137 Å². The van der Waals surface area contributed by atoms with Crippen LogP contribution in [0.1, 0.15) is 41.3 Å². The van der Waals surface area contributed by atoms with Gasteiger partial charge in [-0.2, -0.15) is 0 Å². The molecule has 0 unspecified atom stereocenters. The van der Waals surface area contributed by atoms with Gasteiger partial charge in [0, 0.05) is 13.1 Å². The summed E-state index contributed by atoms with van der Waals surface area (Å²) < 4.78 is 6.02. The number of carbonyl (C=O) groups excluding carboxylic acids is 1. The summed E-state index contributed by atoms with van der Waals surface area (Å²) in [4.78, 5) is 20.1. The van der Waals surface area contributed by atoms with Gasteiger partial charge in [-0.1, -0.05) is 16.6 Å². The first-order valence-corrected chi connectivity index (χ1v) is 8.60. The molecule has 3 heterocycles. The highest BCUT2D eigenvalue weighted by Gasteiger charge is 2.34. The predicted octanol–water partition coefficient (Wildman–Crippen LogP) is 2.89. The van der Waals surface area contributed by atoms with Gasteiger partial charge in [-0.3, -0.25) is 4.79 Å². The maximum atomic E-state index is 12.7. The van der Waals surface area contributed by atoms with E-state index in [0.717, 1.165) is 54.3 Å². The first-order valence-electron chi connectivity index (χ1n) is 7.83. The van der Waals surface area contributed by atoms with Gasteiger partial charge in [0.25, 0.3) is 5.91 Å². The SMILES string of the molecule is CCn1c([C@H]2CCCN2C(=O)c2cnns2)nc2ccccc21. The zero-order valence-electron chi connectivity index (χ0n) is 12.8. The standard InChI is InChI=1S/C16H17N5OS/c1-2-20-12-7-4-3-6-11(12)18-15(20)13-8-5-9-21(13)16(22)14-10-17-19-23-14/h3-4,6-7,10,13H,2,5,8-9H2,1H3/t13-/m1/s1. The Kier molecular flexibility index (Phi) is 3.57. The molecular weight excluding hydrogens is 310 g/mol. The lowest BCUT2D eigenvalue weighted by Gasteiger charge is -2.24. The maximum Gasteiger partial charge on any atom is 0.267 e. The summed E-state index contributed by atoms with van der Waals surface area (Å²) in [6.45, 7) is 3.72. The summed E-state index contributed by atoms with van der Waals surface area (Å²) in [5.41, 5.74) is 2.12. The van der Waals surface area contributed by atoms with Gasteiger partial charge < -0.3 is 9.47 Å². The molecule has 1 saturated heterocycles. The number of amides is 1. The van der Waals surface area contributed by atoms with Crippen LogP contribution in [0.5, 0.6) is 0 Å². The Morgan fingerprint density at radius 2 is 2.26 bits per heavy atom. The minimum atomic E-state index is 0.0113. The molecule has 1 amide bonds. The number of hydrogen-bond acceptors (Lipinski definition) is 5. The molecule has 1 fully saturated rings. The first-order chi connectivity index (χ1) is 11.3. The Hall–Kier alpha value is -2.28. The molecule has 0 spiro atoms. The highest BCUT2D eigenvalue weighted by Crippen LogP contribution is 2.34. The lowest BCUT2D eigenvalue weighted by atomic mass is 10.2. The molecule has 7 heteroatoms. The number of fused-ring (bicyclic) bond motifs is 1. The number of benzene rings is 1. The lowest BCUT2D eigenvalue weighted by molar-refractivity contribution is 0.0732. The second-order valence-corrected chi connectivity index (χ2v) is 6.43. The molecule has 1 aliphatic heterocycles. The Morgan fingerprint density at radius 3 is 3.04 bits per heavy atom. The molecule has 0 bridgehead atoms. The van der Waals surface area contributed by atoms with E-state index in [9.17, 15) is 4.79 Å². The van der Waals surface area contributed by atoms with Crippen molar-refractivity contribution in [2.24, 2.45) is 0 Å². The Morgan fingerprint density at radius 1 is 1.39 bits per heavy atom. The van der Waals surface area contributed by atoms with Crippen LogP contribution in [-0.4, -0.2) is 36.5 Å². The van der Waals surface area contributed by atoms with Crippen molar-refractivity contribution in [1.82, 2.24) is 24.0 Å². The van der Waals surface area contributed by atoms with Crippen molar-refractivity contribution in [1.29, 1.82) is 0 Å². The van der Waals surface area contributed by atoms with E-state index in [1.54, 1.807) is 6.20 Å². The van der Waals surface area contributed by atoms with Crippen molar-refractivity contribution in [2.75, 3.05) is 6.54 Å². The van der Waals surface area contributed by atoms with Gasteiger partial charge >= 0.3 is 0 Å². The molecule has 0 N–H and O–H groups in total. The van der Waals surface area contributed by atoms with Crippen molar-refractivity contribution in [2.45, 2.75) is 32.4 Å². The number of aryl methyl sites for hydroxylation is 1.